The van der Waals surface area contributed by atoms with Gasteiger partial charge in [-0.05, 0) is 37.3 Å². The van der Waals surface area contributed by atoms with E-state index in [1.807, 2.05) is 31.2 Å². The SMILES string of the molecule is C=C(C)c1ccc(C(=O)/C=C(/CC)CC(C)C)cc1. The van der Waals surface area contributed by atoms with Gasteiger partial charge in [-0.3, -0.25) is 4.79 Å². The minimum atomic E-state index is 0.103. The number of ketones is 1. The normalized spacial score (nSPS) is 11.7. The third-order valence-corrected chi connectivity index (χ3v) is 3.12. The molecule has 0 atom stereocenters. The van der Waals surface area contributed by atoms with Crippen molar-refractivity contribution in [1.82, 2.24) is 0 Å². The summed E-state index contributed by atoms with van der Waals surface area (Å²) in [5.41, 5.74) is 4.07. The molecule has 0 radical (unpaired) electrons. The fourth-order valence-electron chi connectivity index (χ4n) is 2.02. The average Bonchev–Trinajstić information content (AvgIpc) is 2.37. The second kappa shape index (κ2) is 7.08. The quantitative estimate of drug-likeness (QED) is 0.499. The second-order valence-corrected chi connectivity index (χ2v) is 5.48. The van der Waals surface area contributed by atoms with Crippen LogP contribution in [0.5, 0.6) is 0 Å². The summed E-state index contributed by atoms with van der Waals surface area (Å²) in [6.45, 7) is 12.3. The Morgan fingerprint density at radius 3 is 2.16 bits per heavy atom. The first kappa shape index (κ1) is 15.4. The molecule has 0 amide bonds. The largest absolute Gasteiger partial charge is 0.289 e. The minimum absolute atomic E-state index is 0.103. The molecule has 0 aliphatic heterocycles. The summed E-state index contributed by atoms with van der Waals surface area (Å²) in [4.78, 5) is 12.2. The predicted octanol–water partition coefficient (Wildman–Crippen LogP) is 5.28. The average molecular weight is 256 g/mol. The van der Waals surface area contributed by atoms with Gasteiger partial charge < -0.3 is 0 Å². The Labute approximate surface area is 117 Å². The third kappa shape index (κ3) is 4.86. The number of hydrogen-bond acceptors (Lipinski definition) is 1. The van der Waals surface area contributed by atoms with E-state index in [0.29, 0.717) is 5.92 Å². The zero-order valence-corrected chi connectivity index (χ0v) is 12.5. The maximum absolute atomic E-state index is 12.2. The van der Waals surface area contributed by atoms with Gasteiger partial charge in [0, 0.05) is 5.56 Å². The van der Waals surface area contributed by atoms with Gasteiger partial charge in [-0.25, -0.2) is 0 Å². The smallest absolute Gasteiger partial charge is 0.185 e. The van der Waals surface area contributed by atoms with E-state index in [-0.39, 0.29) is 5.78 Å². The molecule has 1 nitrogen and oxygen atoms in total. The van der Waals surface area contributed by atoms with E-state index in [1.54, 1.807) is 6.08 Å². The summed E-state index contributed by atoms with van der Waals surface area (Å²) in [5.74, 6) is 0.690. The van der Waals surface area contributed by atoms with Crippen LogP contribution in [0.2, 0.25) is 0 Å². The van der Waals surface area contributed by atoms with Gasteiger partial charge in [0.05, 0.1) is 0 Å². The van der Waals surface area contributed by atoms with Crippen LogP contribution in [0.1, 0.15) is 56.5 Å². The van der Waals surface area contributed by atoms with Crippen molar-refractivity contribution >= 4 is 11.4 Å². The Balaban J connectivity index is 2.87. The minimum Gasteiger partial charge on any atom is -0.289 e. The van der Waals surface area contributed by atoms with Gasteiger partial charge in [0.15, 0.2) is 5.78 Å². The Morgan fingerprint density at radius 2 is 1.74 bits per heavy atom. The summed E-state index contributed by atoms with van der Waals surface area (Å²) >= 11 is 0. The Bertz CT molecular complexity index is 475. The number of carbonyl (C=O) groups excluding carboxylic acids is 1. The van der Waals surface area contributed by atoms with Gasteiger partial charge >= 0.3 is 0 Å². The lowest BCUT2D eigenvalue weighted by molar-refractivity contribution is 0.104. The summed E-state index contributed by atoms with van der Waals surface area (Å²) < 4.78 is 0. The first-order chi connectivity index (χ1) is 8.93. The van der Waals surface area contributed by atoms with Gasteiger partial charge in [-0.1, -0.05) is 62.8 Å². The van der Waals surface area contributed by atoms with Crippen molar-refractivity contribution < 1.29 is 4.79 Å². The lowest BCUT2D eigenvalue weighted by Gasteiger charge is -2.08. The van der Waals surface area contributed by atoms with Crippen molar-refractivity contribution in [2.45, 2.75) is 40.5 Å². The zero-order chi connectivity index (χ0) is 14.4. The Morgan fingerprint density at radius 1 is 1.21 bits per heavy atom. The van der Waals surface area contributed by atoms with Gasteiger partial charge in [-0.2, -0.15) is 0 Å². The van der Waals surface area contributed by atoms with E-state index in [0.717, 1.165) is 29.5 Å². The highest BCUT2D eigenvalue weighted by Crippen LogP contribution is 2.17. The van der Waals surface area contributed by atoms with Crippen LogP contribution in [0.4, 0.5) is 0 Å². The summed E-state index contributed by atoms with van der Waals surface area (Å²) in [5, 5.41) is 0. The molecule has 0 aliphatic carbocycles. The fraction of sp³-hybridized carbons (Fsp3) is 0.389. The van der Waals surface area contributed by atoms with E-state index >= 15 is 0 Å². The number of benzene rings is 1. The molecule has 0 heterocycles. The van der Waals surface area contributed by atoms with Crippen molar-refractivity contribution in [1.29, 1.82) is 0 Å². The highest BCUT2D eigenvalue weighted by atomic mass is 16.1. The van der Waals surface area contributed by atoms with E-state index in [1.165, 1.54) is 5.57 Å². The molecule has 0 aliphatic rings. The number of carbonyl (C=O) groups is 1. The molecule has 0 saturated carbocycles. The summed E-state index contributed by atoms with van der Waals surface area (Å²) in [6.07, 6.45) is 3.73. The molecule has 19 heavy (non-hydrogen) atoms. The molecule has 0 spiro atoms. The summed E-state index contributed by atoms with van der Waals surface area (Å²) in [6, 6.07) is 7.67. The first-order valence-corrected chi connectivity index (χ1v) is 6.93. The second-order valence-electron chi connectivity index (χ2n) is 5.48. The molecule has 1 aromatic carbocycles. The van der Waals surface area contributed by atoms with Crippen molar-refractivity contribution in [3.05, 3.63) is 53.6 Å². The van der Waals surface area contributed by atoms with Crippen LogP contribution in [-0.2, 0) is 0 Å². The van der Waals surface area contributed by atoms with Crippen LogP contribution in [0.15, 0.2) is 42.5 Å². The molecular formula is C18H24O. The Kier molecular flexibility index (Phi) is 5.75. The number of hydrogen-bond donors (Lipinski definition) is 0. The maximum Gasteiger partial charge on any atom is 0.185 e. The maximum atomic E-state index is 12.2. The molecule has 0 unspecified atom stereocenters. The van der Waals surface area contributed by atoms with Crippen molar-refractivity contribution in [2.75, 3.05) is 0 Å². The third-order valence-electron chi connectivity index (χ3n) is 3.12. The van der Waals surface area contributed by atoms with Gasteiger partial charge in [0.1, 0.15) is 0 Å². The molecule has 1 rings (SSSR count). The Hall–Kier alpha value is -1.63. The molecule has 0 saturated heterocycles. The van der Waals surface area contributed by atoms with Crippen LogP contribution in [-0.4, -0.2) is 5.78 Å². The monoisotopic (exact) mass is 256 g/mol. The van der Waals surface area contributed by atoms with E-state index < -0.39 is 0 Å². The van der Waals surface area contributed by atoms with Crippen LogP contribution < -0.4 is 0 Å². The van der Waals surface area contributed by atoms with E-state index in [4.69, 9.17) is 0 Å². The van der Waals surface area contributed by atoms with Crippen LogP contribution >= 0.6 is 0 Å². The van der Waals surface area contributed by atoms with E-state index in [2.05, 4.69) is 27.4 Å². The zero-order valence-electron chi connectivity index (χ0n) is 12.5. The predicted molar refractivity (Wildman–Crippen MR) is 83.3 cm³/mol. The lowest BCUT2D eigenvalue weighted by atomic mass is 9.97. The molecular weight excluding hydrogens is 232 g/mol. The molecule has 0 aromatic heterocycles. The van der Waals surface area contributed by atoms with Gasteiger partial charge in [-0.15, -0.1) is 0 Å². The topological polar surface area (TPSA) is 17.1 Å². The van der Waals surface area contributed by atoms with Crippen LogP contribution in [0, 0.1) is 5.92 Å². The number of rotatable bonds is 6. The van der Waals surface area contributed by atoms with Gasteiger partial charge in [0.25, 0.3) is 0 Å². The lowest BCUT2D eigenvalue weighted by Crippen LogP contribution is -1.99. The fourth-order valence-corrected chi connectivity index (χ4v) is 2.02. The molecule has 0 N–H and O–H groups in total. The highest BCUT2D eigenvalue weighted by molar-refractivity contribution is 6.05. The van der Waals surface area contributed by atoms with E-state index in [9.17, 15) is 4.79 Å². The van der Waals surface area contributed by atoms with Crippen LogP contribution in [0.25, 0.3) is 5.57 Å². The van der Waals surface area contributed by atoms with Crippen molar-refractivity contribution in [2.24, 2.45) is 5.92 Å². The highest BCUT2D eigenvalue weighted by Gasteiger charge is 2.06. The van der Waals surface area contributed by atoms with Crippen LogP contribution in [0.3, 0.4) is 0 Å². The molecule has 1 heteroatoms. The molecule has 102 valence electrons. The molecule has 0 fully saturated rings. The van der Waals surface area contributed by atoms with Crippen molar-refractivity contribution in [3.8, 4) is 0 Å². The standard InChI is InChI=1S/C18H24O/c1-6-15(11-13(2)3)12-18(19)17-9-7-16(8-10-17)14(4)5/h7-10,12-13H,4,6,11H2,1-3,5H3/b15-12-. The molecule has 0 bridgehead atoms. The summed E-state index contributed by atoms with van der Waals surface area (Å²) in [7, 11) is 0. The first-order valence-electron chi connectivity index (χ1n) is 6.93. The van der Waals surface area contributed by atoms with Crippen molar-refractivity contribution in [3.63, 3.8) is 0 Å². The number of allylic oxidation sites excluding steroid dienone is 3. The molecule has 1 aromatic rings. The van der Waals surface area contributed by atoms with Gasteiger partial charge in [0.2, 0.25) is 0 Å².